The van der Waals surface area contributed by atoms with Crippen molar-refractivity contribution in [3.63, 3.8) is 0 Å². The summed E-state index contributed by atoms with van der Waals surface area (Å²) in [4.78, 5) is 22.4. The van der Waals surface area contributed by atoms with Crippen LogP contribution in [0.15, 0.2) is 35.4 Å². The van der Waals surface area contributed by atoms with Gasteiger partial charge in [0.15, 0.2) is 0 Å². The molecule has 1 aromatic carbocycles. The van der Waals surface area contributed by atoms with E-state index in [0.717, 1.165) is 0 Å². The second-order valence-electron chi connectivity index (χ2n) is 3.34. The average molecular weight is 202 g/mol. The molecule has 1 heterocycles. The number of amides is 1. The molecule has 0 unspecified atom stereocenters. The Labute approximate surface area is 87.2 Å². The number of para-hydroxylation sites is 1. The first-order valence-corrected chi connectivity index (χ1v) is 4.63. The topological polar surface area (TPSA) is 49.7 Å². The molecular formula is C11H10N2O2. The van der Waals surface area contributed by atoms with E-state index in [1.807, 2.05) is 18.2 Å². The van der Waals surface area contributed by atoms with E-state index in [1.165, 1.54) is 5.01 Å². The Bertz CT molecular complexity index is 425. The van der Waals surface area contributed by atoms with E-state index < -0.39 is 5.92 Å². The van der Waals surface area contributed by atoms with E-state index in [1.54, 1.807) is 19.1 Å². The van der Waals surface area contributed by atoms with Crippen LogP contribution in [0.1, 0.15) is 6.92 Å². The van der Waals surface area contributed by atoms with Crippen LogP contribution in [0.3, 0.4) is 0 Å². The standard InChI is InChI=1S/C11H10N2O2/c1-8-10(7-14)11(15)13(12-8)9-5-3-2-4-6-9/h2-7,10H,1H3/t10-/m0/s1. The van der Waals surface area contributed by atoms with Crippen LogP contribution in [0.2, 0.25) is 0 Å². The molecule has 0 aliphatic carbocycles. The molecule has 1 amide bonds. The number of carbonyl (C=O) groups is 2. The zero-order valence-electron chi connectivity index (χ0n) is 8.25. The monoisotopic (exact) mass is 202 g/mol. The SMILES string of the molecule is CC1=NN(c2ccccc2)C(=O)[C@H]1C=O. The van der Waals surface area contributed by atoms with E-state index in [9.17, 15) is 9.59 Å². The first kappa shape index (κ1) is 9.58. The average Bonchev–Trinajstić information content (AvgIpc) is 2.55. The van der Waals surface area contributed by atoms with Gasteiger partial charge in [-0.05, 0) is 19.1 Å². The highest BCUT2D eigenvalue weighted by Crippen LogP contribution is 2.22. The molecule has 1 aliphatic heterocycles. The molecule has 0 aromatic heterocycles. The lowest BCUT2D eigenvalue weighted by atomic mass is 10.1. The number of nitrogens with zero attached hydrogens (tertiary/aromatic N) is 2. The summed E-state index contributed by atoms with van der Waals surface area (Å²) in [5.41, 5.74) is 1.23. The lowest BCUT2D eigenvalue weighted by molar-refractivity contribution is -0.123. The van der Waals surface area contributed by atoms with Crippen LogP contribution >= 0.6 is 0 Å². The Morgan fingerprint density at radius 2 is 2.00 bits per heavy atom. The highest BCUT2D eigenvalue weighted by molar-refractivity contribution is 6.22. The van der Waals surface area contributed by atoms with Gasteiger partial charge in [-0.3, -0.25) is 4.79 Å². The molecule has 0 radical (unpaired) electrons. The molecule has 0 saturated heterocycles. The van der Waals surface area contributed by atoms with E-state index >= 15 is 0 Å². The molecule has 0 N–H and O–H groups in total. The van der Waals surface area contributed by atoms with Crippen LogP contribution in [0.4, 0.5) is 5.69 Å². The van der Waals surface area contributed by atoms with Gasteiger partial charge in [0.2, 0.25) is 0 Å². The van der Waals surface area contributed by atoms with Crippen molar-refractivity contribution in [3.05, 3.63) is 30.3 Å². The maximum atomic E-state index is 11.7. The van der Waals surface area contributed by atoms with Crippen molar-refractivity contribution in [2.45, 2.75) is 6.92 Å². The minimum atomic E-state index is -0.717. The van der Waals surface area contributed by atoms with Gasteiger partial charge in [-0.25, -0.2) is 0 Å². The first-order valence-electron chi connectivity index (χ1n) is 4.63. The Hall–Kier alpha value is -1.97. The number of hydrazone groups is 1. The molecule has 15 heavy (non-hydrogen) atoms. The number of aldehydes is 1. The number of hydrogen-bond acceptors (Lipinski definition) is 3. The van der Waals surface area contributed by atoms with Crippen LogP contribution in [0, 0.1) is 5.92 Å². The maximum absolute atomic E-state index is 11.7. The summed E-state index contributed by atoms with van der Waals surface area (Å²) < 4.78 is 0. The third kappa shape index (κ3) is 1.54. The van der Waals surface area contributed by atoms with Gasteiger partial charge in [-0.2, -0.15) is 10.1 Å². The summed E-state index contributed by atoms with van der Waals surface area (Å²) in [6, 6.07) is 9.06. The molecule has 4 heteroatoms. The van der Waals surface area contributed by atoms with Gasteiger partial charge in [-0.15, -0.1) is 0 Å². The van der Waals surface area contributed by atoms with E-state index in [2.05, 4.69) is 5.10 Å². The van der Waals surface area contributed by atoms with Crippen LogP contribution in [-0.4, -0.2) is 17.9 Å². The Morgan fingerprint density at radius 1 is 1.33 bits per heavy atom. The number of rotatable bonds is 2. The third-order valence-electron chi connectivity index (χ3n) is 2.32. The summed E-state index contributed by atoms with van der Waals surface area (Å²) in [5.74, 6) is -1.00. The molecule has 0 fully saturated rings. The first-order chi connectivity index (χ1) is 7.24. The molecule has 0 bridgehead atoms. The van der Waals surface area contributed by atoms with Crippen molar-refractivity contribution < 1.29 is 9.59 Å². The molecular weight excluding hydrogens is 192 g/mol. The minimum absolute atomic E-state index is 0.284. The Balaban J connectivity index is 2.35. The zero-order chi connectivity index (χ0) is 10.8. The second kappa shape index (κ2) is 3.65. The minimum Gasteiger partial charge on any atom is -0.302 e. The summed E-state index contributed by atoms with van der Waals surface area (Å²) in [6.07, 6.45) is 0.629. The summed E-state index contributed by atoms with van der Waals surface area (Å²) in [7, 11) is 0. The van der Waals surface area contributed by atoms with Crippen molar-refractivity contribution in [3.8, 4) is 0 Å². The fourth-order valence-corrected chi connectivity index (χ4v) is 1.49. The van der Waals surface area contributed by atoms with Crippen LogP contribution in [-0.2, 0) is 9.59 Å². The Kier molecular flexibility index (Phi) is 2.33. The van der Waals surface area contributed by atoms with Gasteiger partial charge in [0.1, 0.15) is 12.2 Å². The highest BCUT2D eigenvalue weighted by Gasteiger charge is 2.33. The van der Waals surface area contributed by atoms with Gasteiger partial charge >= 0.3 is 0 Å². The summed E-state index contributed by atoms with van der Waals surface area (Å²) in [5, 5.41) is 5.33. The third-order valence-corrected chi connectivity index (χ3v) is 2.32. The molecule has 4 nitrogen and oxygen atoms in total. The predicted molar refractivity (Wildman–Crippen MR) is 56.6 cm³/mol. The van der Waals surface area contributed by atoms with Gasteiger partial charge in [0.25, 0.3) is 5.91 Å². The smallest absolute Gasteiger partial charge is 0.263 e. The second-order valence-corrected chi connectivity index (χ2v) is 3.34. The lowest BCUT2D eigenvalue weighted by Crippen LogP contribution is -2.27. The molecule has 2 rings (SSSR count). The molecule has 0 spiro atoms. The van der Waals surface area contributed by atoms with Crippen LogP contribution in [0.5, 0.6) is 0 Å². The molecule has 1 aromatic rings. The van der Waals surface area contributed by atoms with Gasteiger partial charge in [-0.1, -0.05) is 18.2 Å². The number of benzene rings is 1. The number of hydrogen-bond donors (Lipinski definition) is 0. The van der Waals surface area contributed by atoms with Crippen LogP contribution in [0.25, 0.3) is 0 Å². The quantitative estimate of drug-likeness (QED) is 0.535. The van der Waals surface area contributed by atoms with Gasteiger partial charge in [0, 0.05) is 0 Å². The van der Waals surface area contributed by atoms with Crippen molar-refractivity contribution in [2.24, 2.45) is 11.0 Å². The molecule has 76 valence electrons. The van der Waals surface area contributed by atoms with Gasteiger partial charge < -0.3 is 4.79 Å². The van der Waals surface area contributed by atoms with E-state index in [-0.39, 0.29) is 5.91 Å². The molecule has 1 aliphatic rings. The zero-order valence-corrected chi connectivity index (χ0v) is 8.25. The fourth-order valence-electron chi connectivity index (χ4n) is 1.49. The van der Waals surface area contributed by atoms with E-state index in [0.29, 0.717) is 17.7 Å². The summed E-state index contributed by atoms with van der Waals surface area (Å²) in [6.45, 7) is 1.68. The fraction of sp³-hybridized carbons (Fsp3) is 0.182. The normalized spacial score (nSPS) is 20.3. The number of anilines is 1. The largest absolute Gasteiger partial charge is 0.302 e. The molecule has 0 saturated carbocycles. The summed E-state index contributed by atoms with van der Waals surface area (Å²) >= 11 is 0. The van der Waals surface area contributed by atoms with E-state index in [4.69, 9.17) is 0 Å². The highest BCUT2D eigenvalue weighted by atomic mass is 16.2. The lowest BCUT2D eigenvalue weighted by Gasteiger charge is -2.11. The van der Waals surface area contributed by atoms with Crippen LogP contribution < -0.4 is 5.01 Å². The molecule has 1 atom stereocenters. The van der Waals surface area contributed by atoms with Crippen molar-refractivity contribution in [1.82, 2.24) is 0 Å². The van der Waals surface area contributed by atoms with Crippen molar-refractivity contribution in [2.75, 3.05) is 5.01 Å². The predicted octanol–water partition coefficient (Wildman–Crippen LogP) is 1.22. The maximum Gasteiger partial charge on any atom is 0.263 e. The van der Waals surface area contributed by atoms with Crippen molar-refractivity contribution in [1.29, 1.82) is 0 Å². The van der Waals surface area contributed by atoms with Gasteiger partial charge in [0.05, 0.1) is 11.4 Å². The Morgan fingerprint density at radius 3 is 2.53 bits per heavy atom. The number of carbonyl (C=O) groups excluding carboxylic acids is 2. The van der Waals surface area contributed by atoms with Crippen molar-refractivity contribution >= 4 is 23.6 Å².